The van der Waals surface area contributed by atoms with Crippen molar-refractivity contribution in [1.82, 2.24) is 9.80 Å². The zero-order chi connectivity index (χ0) is 25.0. The van der Waals surface area contributed by atoms with E-state index in [9.17, 15) is 14.4 Å². The number of benzene rings is 2. The number of hydrogen-bond acceptors (Lipinski definition) is 6. The van der Waals surface area contributed by atoms with E-state index in [1.165, 1.54) is 12.0 Å². The second kappa shape index (κ2) is 8.80. The summed E-state index contributed by atoms with van der Waals surface area (Å²) in [4.78, 5) is 45.7. The van der Waals surface area contributed by atoms with Crippen molar-refractivity contribution in [2.45, 2.75) is 50.2 Å². The molecule has 1 saturated carbocycles. The Bertz CT molecular complexity index is 1260. The molecule has 7 heteroatoms. The molecule has 4 atom stereocenters. The van der Waals surface area contributed by atoms with Gasteiger partial charge in [-0.1, -0.05) is 43.5 Å². The Morgan fingerprint density at radius 2 is 1.67 bits per heavy atom. The number of ketones is 1. The van der Waals surface area contributed by atoms with Crippen LogP contribution in [0.1, 0.15) is 59.6 Å². The van der Waals surface area contributed by atoms with Gasteiger partial charge in [-0.05, 0) is 48.2 Å². The van der Waals surface area contributed by atoms with Crippen LogP contribution in [-0.4, -0.2) is 53.7 Å². The summed E-state index contributed by atoms with van der Waals surface area (Å²) in [6, 6.07) is 11.8. The number of likely N-dealkylation sites (tertiary alicyclic amines) is 1. The molecule has 1 aliphatic carbocycles. The first kappa shape index (κ1) is 22.8. The van der Waals surface area contributed by atoms with Crippen LogP contribution in [0.2, 0.25) is 0 Å². The molecule has 2 saturated heterocycles. The molecule has 0 radical (unpaired) electrons. The molecule has 2 amide bonds. The van der Waals surface area contributed by atoms with Crippen molar-refractivity contribution in [3.8, 4) is 11.5 Å². The van der Waals surface area contributed by atoms with Gasteiger partial charge in [-0.3, -0.25) is 19.3 Å². The number of carbonyl (C=O) groups excluding carboxylic acids is 3. The predicted octanol–water partition coefficient (Wildman–Crippen LogP) is 4.23. The number of carbonyl (C=O) groups is 3. The summed E-state index contributed by atoms with van der Waals surface area (Å²) >= 11 is 0. The van der Waals surface area contributed by atoms with Gasteiger partial charge < -0.3 is 14.4 Å². The first-order chi connectivity index (χ1) is 17.5. The number of Topliss-reactive ketones (excluding diaryl/α,β-unsaturated/α-hetero) is 1. The maximum absolute atomic E-state index is 14.2. The van der Waals surface area contributed by atoms with Crippen molar-refractivity contribution in [3.63, 3.8) is 0 Å². The Morgan fingerprint density at radius 1 is 0.917 bits per heavy atom. The fourth-order valence-electron chi connectivity index (χ4n) is 6.75. The summed E-state index contributed by atoms with van der Waals surface area (Å²) < 4.78 is 10.9. The number of amides is 2. The summed E-state index contributed by atoms with van der Waals surface area (Å²) in [5.41, 5.74) is 2.35. The molecule has 2 aromatic carbocycles. The van der Waals surface area contributed by atoms with Crippen molar-refractivity contribution in [3.05, 3.63) is 65.4 Å². The van der Waals surface area contributed by atoms with Crippen LogP contribution >= 0.6 is 0 Å². The SMILES string of the molecule is COc1ccc(OC)c(C(=O)[C@@H]2[C@@H]3C(=O)N(C4CCCCC4)C(=O)[C@H]3[C@H]3c4ccccc4C=CN23)c1. The van der Waals surface area contributed by atoms with E-state index >= 15 is 0 Å². The number of methoxy groups -OCH3 is 2. The number of imide groups is 1. The molecule has 36 heavy (non-hydrogen) atoms. The van der Waals surface area contributed by atoms with Crippen molar-refractivity contribution in [2.24, 2.45) is 11.8 Å². The lowest BCUT2D eigenvalue weighted by Gasteiger charge is -2.37. The molecular weight excluding hydrogens is 456 g/mol. The molecule has 2 aromatic rings. The summed E-state index contributed by atoms with van der Waals surface area (Å²) in [6.45, 7) is 0. The number of hydrogen-bond donors (Lipinski definition) is 0. The van der Waals surface area contributed by atoms with Gasteiger partial charge in [-0.25, -0.2) is 0 Å². The van der Waals surface area contributed by atoms with Gasteiger partial charge in [0, 0.05) is 12.2 Å². The van der Waals surface area contributed by atoms with Crippen LogP contribution in [-0.2, 0) is 9.59 Å². The highest BCUT2D eigenvalue weighted by atomic mass is 16.5. The van der Waals surface area contributed by atoms with Gasteiger partial charge in [-0.15, -0.1) is 0 Å². The van der Waals surface area contributed by atoms with Gasteiger partial charge in [0.2, 0.25) is 11.8 Å². The highest BCUT2D eigenvalue weighted by Gasteiger charge is 2.65. The Hall–Kier alpha value is -3.61. The molecule has 0 spiro atoms. The van der Waals surface area contributed by atoms with Crippen LogP contribution in [0.5, 0.6) is 11.5 Å². The van der Waals surface area contributed by atoms with Gasteiger partial charge >= 0.3 is 0 Å². The standard InChI is InChI=1S/C29H30N2O5/c1-35-19-12-13-22(36-2)21(16-19)27(32)26-24-23(25-20-11-7-6-8-17(20)14-15-30(25)26)28(33)31(29(24)34)18-9-4-3-5-10-18/h6-8,11-16,18,23-26H,3-5,9-10H2,1-2H3/t23-,24-,25-,26+/m1/s1. The Kier molecular flexibility index (Phi) is 5.58. The number of fused-ring (bicyclic) bond motifs is 5. The van der Waals surface area contributed by atoms with E-state index in [4.69, 9.17) is 9.47 Å². The lowest BCUT2D eigenvalue weighted by molar-refractivity contribution is -0.144. The van der Waals surface area contributed by atoms with E-state index in [0.717, 1.165) is 43.2 Å². The minimum absolute atomic E-state index is 0.0747. The second-order valence-corrected chi connectivity index (χ2v) is 10.1. The third kappa shape index (κ3) is 3.29. The maximum atomic E-state index is 14.2. The van der Waals surface area contributed by atoms with Crippen LogP contribution in [0, 0.1) is 11.8 Å². The van der Waals surface area contributed by atoms with Crippen LogP contribution in [0.15, 0.2) is 48.7 Å². The third-order valence-electron chi connectivity index (χ3n) is 8.38. The van der Waals surface area contributed by atoms with Gasteiger partial charge in [0.15, 0.2) is 5.78 Å². The molecular formula is C29H30N2O5. The molecule has 3 heterocycles. The smallest absolute Gasteiger partial charge is 0.236 e. The van der Waals surface area contributed by atoms with E-state index in [2.05, 4.69) is 0 Å². The second-order valence-electron chi connectivity index (χ2n) is 10.1. The lowest BCUT2D eigenvalue weighted by atomic mass is 9.83. The molecule has 0 bridgehead atoms. The predicted molar refractivity (Wildman–Crippen MR) is 133 cm³/mol. The maximum Gasteiger partial charge on any atom is 0.236 e. The monoisotopic (exact) mass is 486 g/mol. The van der Waals surface area contributed by atoms with Crippen molar-refractivity contribution in [2.75, 3.05) is 14.2 Å². The van der Waals surface area contributed by atoms with Crippen LogP contribution < -0.4 is 9.47 Å². The quantitative estimate of drug-likeness (QED) is 0.465. The molecule has 7 nitrogen and oxygen atoms in total. The van der Waals surface area contributed by atoms with E-state index in [-0.39, 0.29) is 29.7 Å². The van der Waals surface area contributed by atoms with E-state index in [1.807, 2.05) is 41.4 Å². The Morgan fingerprint density at radius 3 is 2.42 bits per heavy atom. The van der Waals surface area contributed by atoms with Crippen LogP contribution in [0.3, 0.4) is 0 Å². The summed E-state index contributed by atoms with van der Waals surface area (Å²) in [7, 11) is 3.06. The van der Waals surface area contributed by atoms with Crippen LogP contribution in [0.25, 0.3) is 6.08 Å². The molecule has 4 aliphatic rings. The van der Waals surface area contributed by atoms with Gasteiger partial charge in [0.05, 0.1) is 37.7 Å². The summed E-state index contributed by atoms with van der Waals surface area (Å²) in [6.07, 6.45) is 8.68. The van der Waals surface area contributed by atoms with E-state index in [0.29, 0.717) is 17.1 Å². The largest absolute Gasteiger partial charge is 0.497 e. The highest BCUT2D eigenvalue weighted by molar-refractivity contribution is 6.13. The Labute approximate surface area is 210 Å². The zero-order valence-electron chi connectivity index (χ0n) is 20.6. The zero-order valence-corrected chi connectivity index (χ0v) is 20.6. The van der Waals surface area contributed by atoms with Crippen molar-refractivity contribution >= 4 is 23.7 Å². The Balaban J connectivity index is 1.48. The number of ether oxygens (including phenoxy) is 2. The summed E-state index contributed by atoms with van der Waals surface area (Å²) in [5, 5.41) is 0. The molecule has 186 valence electrons. The van der Waals surface area contributed by atoms with E-state index < -0.39 is 17.9 Å². The number of rotatable bonds is 5. The first-order valence-corrected chi connectivity index (χ1v) is 12.7. The lowest BCUT2D eigenvalue weighted by Crippen LogP contribution is -2.47. The molecule has 6 rings (SSSR count). The van der Waals surface area contributed by atoms with Gasteiger partial charge in [0.25, 0.3) is 0 Å². The minimum Gasteiger partial charge on any atom is -0.497 e. The van der Waals surface area contributed by atoms with Crippen molar-refractivity contribution < 1.29 is 23.9 Å². The minimum atomic E-state index is -0.810. The number of nitrogens with zero attached hydrogens (tertiary/aromatic N) is 2. The van der Waals surface area contributed by atoms with Gasteiger partial charge in [0.1, 0.15) is 17.5 Å². The molecule has 3 fully saturated rings. The fourth-order valence-corrected chi connectivity index (χ4v) is 6.75. The third-order valence-corrected chi connectivity index (χ3v) is 8.38. The molecule has 0 aromatic heterocycles. The highest BCUT2D eigenvalue weighted by Crippen LogP contribution is 2.54. The molecule has 3 aliphatic heterocycles. The summed E-state index contributed by atoms with van der Waals surface area (Å²) in [5.74, 6) is -0.980. The fraction of sp³-hybridized carbons (Fsp3) is 0.414. The van der Waals surface area contributed by atoms with Crippen LogP contribution in [0.4, 0.5) is 0 Å². The average molecular weight is 487 g/mol. The van der Waals surface area contributed by atoms with E-state index in [1.54, 1.807) is 25.3 Å². The average Bonchev–Trinajstić information content (AvgIpc) is 3.40. The molecule has 0 unspecified atom stereocenters. The normalized spacial score (nSPS) is 27.1. The topological polar surface area (TPSA) is 76.1 Å². The molecule has 0 N–H and O–H groups in total. The first-order valence-electron chi connectivity index (χ1n) is 12.7. The van der Waals surface area contributed by atoms with Crippen molar-refractivity contribution in [1.29, 1.82) is 0 Å². The van der Waals surface area contributed by atoms with Gasteiger partial charge in [-0.2, -0.15) is 0 Å².